The van der Waals surface area contributed by atoms with E-state index in [1.54, 1.807) is 24.3 Å². The van der Waals surface area contributed by atoms with Gasteiger partial charge in [-0.2, -0.15) is 0 Å². The number of nitrogens with zero attached hydrogens (tertiary/aromatic N) is 1. The minimum atomic E-state index is -0.893. The van der Waals surface area contributed by atoms with Crippen LogP contribution in [-0.2, 0) is 14.4 Å². The van der Waals surface area contributed by atoms with Crippen LogP contribution in [0.3, 0.4) is 0 Å². The van der Waals surface area contributed by atoms with Gasteiger partial charge in [0.05, 0.1) is 6.54 Å². The summed E-state index contributed by atoms with van der Waals surface area (Å²) in [5.74, 6) is -1.03. The fraction of sp³-hybridized carbons (Fsp3) is 0.710. The van der Waals surface area contributed by atoms with Crippen LogP contribution in [0.2, 0.25) is 0 Å². The molecule has 1 atom stereocenters. The fourth-order valence-electron chi connectivity index (χ4n) is 4.75. The largest absolute Gasteiger partial charge is 0.425 e. The van der Waals surface area contributed by atoms with Gasteiger partial charge in [0.25, 0.3) is 0 Å². The number of unbranched alkanes of at least 4 members (excludes halogenated alkanes) is 15. The Morgan fingerprint density at radius 3 is 1.68 bits per heavy atom. The van der Waals surface area contributed by atoms with Gasteiger partial charge in [-0.05, 0) is 25.0 Å². The average Bonchev–Trinajstić information content (AvgIpc) is 2.91. The third-order valence-electron chi connectivity index (χ3n) is 7.02. The number of ether oxygens (including phenoxy) is 1. The number of amides is 2. The summed E-state index contributed by atoms with van der Waals surface area (Å²) in [5, 5.41) is 0. The van der Waals surface area contributed by atoms with E-state index in [9.17, 15) is 14.4 Å². The molecule has 1 aromatic rings. The maximum Gasteiger partial charge on any atom is 0.334 e. The molecule has 4 N–H and O–H groups in total. The lowest BCUT2D eigenvalue weighted by Crippen LogP contribution is -2.49. The Morgan fingerprint density at radius 2 is 1.24 bits per heavy atom. The van der Waals surface area contributed by atoms with E-state index < -0.39 is 17.9 Å². The van der Waals surface area contributed by atoms with Crippen molar-refractivity contribution < 1.29 is 19.1 Å². The van der Waals surface area contributed by atoms with Gasteiger partial charge >= 0.3 is 5.97 Å². The summed E-state index contributed by atoms with van der Waals surface area (Å²) in [6, 6.07) is 7.81. The van der Waals surface area contributed by atoms with Crippen molar-refractivity contribution in [3.63, 3.8) is 0 Å². The summed E-state index contributed by atoms with van der Waals surface area (Å²) in [7, 11) is 0. The van der Waals surface area contributed by atoms with E-state index in [1.807, 2.05) is 6.07 Å². The van der Waals surface area contributed by atoms with Gasteiger partial charge in [-0.25, -0.2) is 4.79 Å². The molecule has 7 nitrogen and oxygen atoms in total. The summed E-state index contributed by atoms with van der Waals surface area (Å²) in [4.78, 5) is 38.4. The number of carbonyl (C=O) groups excluding carboxylic acids is 3. The van der Waals surface area contributed by atoms with Gasteiger partial charge in [0.15, 0.2) is 0 Å². The normalized spacial score (nSPS) is 11.7. The van der Waals surface area contributed by atoms with Gasteiger partial charge in [0.2, 0.25) is 11.8 Å². The zero-order chi connectivity index (χ0) is 27.8. The molecular formula is C31H53N3O4. The molecular weight excluding hydrogens is 478 g/mol. The molecule has 0 unspecified atom stereocenters. The Hall–Kier alpha value is -2.41. The number of nitrogens with two attached hydrogens (primary N) is 2. The van der Waals surface area contributed by atoms with Gasteiger partial charge < -0.3 is 21.1 Å². The molecule has 7 heteroatoms. The maximum absolute atomic E-state index is 12.9. The van der Waals surface area contributed by atoms with Gasteiger partial charge in [-0.15, -0.1) is 0 Å². The second-order valence-corrected chi connectivity index (χ2v) is 10.3. The van der Waals surface area contributed by atoms with Crippen molar-refractivity contribution in [3.05, 3.63) is 30.3 Å². The van der Waals surface area contributed by atoms with Gasteiger partial charge in [0, 0.05) is 13.0 Å². The van der Waals surface area contributed by atoms with Crippen molar-refractivity contribution in [2.24, 2.45) is 11.5 Å². The summed E-state index contributed by atoms with van der Waals surface area (Å²) in [6.45, 7) is 2.46. The standard InChI is InChI=1S/C31H53N3O4/c1-2-3-4-5-6-7-8-9-10-11-12-13-14-15-16-20-25-34(30(36)26-32)28(23-24-29(33)35)31(37)38-27-21-18-17-19-22-27/h17-19,21-22,28H,2-16,20,23-26,32H2,1H3,(H2,33,35)/t28-/m1/s1. The second-order valence-electron chi connectivity index (χ2n) is 10.3. The zero-order valence-corrected chi connectivity index (χ0v) is 23.8. The first kappa shape index (κ1) is 33.6. The Balaban J connectivity index is 2.32. The number of para-hydroxylation sites is 1. The second kappa shape index (κ2) is 22.6. The number of esters is 1. The van der Waals surface area contributed by atoms with Crippen molar-refractivity contribution in [2.75, 3.05) is 13.1 Å². The molecule has 2 amide bonds. The van der Waals surface area contributed by atoms with Crippen molar-refractivity contribution >= 4 is 17.8 Å². The maximum atomic E-state index is 12.9. The molecule has 38 heavy (non-hydrogen) atoms. The van der Waals surface area contributed by atoms with Crippen LogP contribution in [0.5, 0.6) is 5.75 Å². The number of primary amides is 1. The first-order valence-corrected chi connectivity index (χ1v) is 15.0. The van der Waals surface area contributed by atoms with E-state index in [2.05, 4.69) is 6.92 Å². The van der Waals surface area contributed by atoms with Crippen LogP contribution < -0.4 is 16.2 Å². The van der Waals surface area contributed by atoms with Crippen LogP contribution in [0.4, 0.5) is 0 Å². The summed E-state index contributed by atoms with van der Waals surface area (Å²) >= 11 is 0. The Bertz CT molecular complexity index is 757. The predicted octanol–water partition coefficient (Wildman–Crippen LogP) is 6.27. The van der Waals surface area contributed by atoms with E-state index in [1.165, 1.54) is 88.4 Å². The van der Waals surface area contributed by atoms with Crippen LogP contribution in [0.15, 0.2) is 30.3 Å². The molecule has 0 fully saturated rings. The number of hydrogen-bond acceptors (Lipinski definition) is 5. The van der Waals surface area contributed by atoms with Crippen molar-refractivity contribution in [1.29, 1.82) is 0 Å². The highest BCUT2D eigenvalue weighted by Gasteiger charge is 2.31. The monoisotopic (exact) mass is 531 g/mol. The summed E-state index contributed by atoms with van der Waals surface area (Å²) < 4.78 is 5.49. The molecule has 0 bridgehead atoms. The van der Waals surface area contributed by atoms with Crippen LogP contribution >= 0.6 is 0 Å². The number of benzene rings is 1. The molecule has 0 aliphatic carbocycles. The van der Waals surface area contributed by atoms with E-state index in [4.69, 9.17) is 16.2 Å². The number of rotatable bonds is 24. The third-order valence-corrected chi connectivity index (χ3v) is 7.02. The minimum Gasteiger partial charge on any atom is -0.425 e. The first-order chi connectivity index (χ1) is 18.5. The first-order valence-electron chi connectivity index (χ1n) is 15.0. The lowest BCUT2D eigenvalue weighted by Gasteiger charge is -2.30. The number of carbonyl (C=O) groups is 3. The molecule has 216 valence electrons. The molecule has 0 aliphatic rings. The molecule has 0 aliphatic heterocycles. The molecule has 0 radical (unpaired) electrons. The van der Waals surface area contributed by atoms with Gasteiger partial charge in [-0.1, -0.05) is 121 Å². The van der Waals surface area contributed by atoms with Crippen LogP contribution in [0.25, 0.3) is 0 Å². The van der Waals surface area contributed by atoms with Crippen LogP contribution in [0, 0.1) is 0 Å². The van der Waals surface area contributed by atoms with Crippen LogP contribution in [0.1, 0.15) is 122 Å². The summed E-state index contributed by atoms with van der Waals surface area (Å²) in [5.41, 5.74) is 11.0. The highest BCUT2D eigenvalue weighted by atomic mass is 16.5. The predicted molar refractivity (Wildman–Crippen MR) is 155 cm³/mol. The van der Waals surface area contributed by atoms with Gasteiger partial charge in [0.1, 0.15) is 11.8 Å². The minimum absolute atomic E-state index is 0.0120. The summed E-state index contributed by atoms with van der Waals surface area (Å²) in [6.07, 6.45) is 20.4. The van der Waals surface area contributed by atoms with E-state index in [-0.39, 0.29) is 25.3 Å². The molecule has 0 aromatic heterocycles. The average molecular weight is 532 g/mol. The molecule has 0 saturated heterocycles. The van der Waals surface area contributed by atoms with Crippen molar-refractivity contribution in [1.82, 2.24) is 4.90 Å². The van der Waals surface area contributed by atoms with E-state index >= 15 is 0 Å². The molecule has 0 spiro atoms. The molecule has 1 rings (SSSR count). The van der Waals surface area contributed by atoms with Gasteiger partial charge in [-0.3, -0.25) is 9.59 Å². The number of hydrogen-bond donors (Lipinski definition) is 2. The fourth-order valence-corrected chi connectivity index (χ4v) is 4.75. The highest BCUT2D eigenvalue weighted by Crippen LogP contribution is 2.17. The third kappa shape index (κ3) is 16.4. The van der Waals surface area contributed by atoms with Crippen molar-refractivity contribution in [3.8, 4) is 5.75 Å². The Morgan fingerprint density at radius 1 is 0.763 bits per heavy atom. The smallest absolute Gasteiger partial charge is 0.334 e. The SMILES string of the molecule is CCCCCCCCCCCCCCCCCCN(C(=O)CN)[C@H](CCC(N)=O)C(=O)Oc1ccccc1. The molecule has 1 aromatic carbocycles. The van der Waals surface area contributed by atoms with E-state index in [0.717, 1.165) is 19.3 Å². The van der Waals surface area contributed by atoms with Crippen molar-refractivity contribution in [2.45, 2.75) is 129 Å². The lowest BCUT2D eigenvalue weighted by atomic mass is 10.0. The molecule has 0 saturated carbocycles. The van der Waals surface area contributed by atoms with Crippen LogP contribution in [-0.4, -0.2) is 41.8 Å². The quantitative estimate of drug-likeness (QED) is 0.0926. The zero-order valence-electron chi connectivity index (χ0n) is 23.8. The molecule has 0 heterocycles. The topological polar surface area (TPSA) is 116 Å². The highest BCUT2D eigenvalue weighted by molar-refractivity contribution is 5.87. The van der Waals surface area contributed by atoms with E-state index in [0.29, 0.717) is 12.3 Å². The Kier molecular flexibility index (Phi) is 20.0. The lowest BCUT2D eigenvalue weighted by molar-refractivity contribution is -0.148. The Labute approximate surface area is 231 Å².